The van der Waals surface area contributed by atoms with Gasteiger partial charge in [-0.1, -0.05) is 18.2 Å². The van der Waals surface area contributed by atoms with E-state index in [1.165, 1.54) is 0 Å². The van der Waals surface area contributed by atoms with Crippen LogP contribution < -0.4 is 9.47 Å². The summed E-state index contributed by atoms with van der Waals surface area (Å²) in [5, 5.41) is 10.1. The molecule has 0 heterocycles. The number of ether oxygens (including phenoxy) is 3. The molecule has 0 radical (unpaired) electrons. The largest absolute Gasteiger partial charge is 0.497 e. The van der Waals surface area contributed by atoms with Crippen LogP contribution in [-0.4, -0.2) is 57.6 Å². The number of hydrogen-bond acceptors (Lipinski definition) is 7. The average molecular weight is 467 g/mol. The summed E-state index contributed by atoms with van der Waals surface area (Å²) in [5.74, 6) is 0.613. The Morgan fingerprint density at radius 1 is 1.15 bits per heavy atom. The highest BCUT2D eigenvalue weighted by Crippen LogP contribution is 2.33. The SMILES string of the molecule is COc1cccc(C(C#N)(CCCN(C)CCc2ccc(C=O)c(OC)c2)C(=O)OC(C)C)c1. The zero-order chi connectivity index (χ0) is 25.1. The predicted molar refractivity (Wildman–Crippen MR) is 130 cm³/mol. The van der Waals surface area contributed by atoms with Crippen LogP contribution in [0.25, 0.3) is 0 Å². The fraction of sp³-hybridized carbons (Fsp3) is 0.444. The lowest BCUT2D eigenvalue weighted by atomic mass is 9.77. The van der Waals surface area contributed by atoms with Gasteiger partial charge in [-0.05, 0) is 82.1 Å². The maximum atomic E-state index is 13.1. The Balaban J connectivity index is 2.07. The highest BCUT2D eigenvalue weighted by molar-refractivity contribution is 5.87. The highest BCUT2D eigenvalue weighted by atomic mass is 16.5. The average Bonchev–Trinajstić information content (AvgIpc) is 2.84. The fourth-order valence-electron chi connectivity index (χ4n) is 3.79. The number of aldehydes is 1. The van der Waals surface area contributed by atoms with Crippen molar-refractivity contribution in [3.8, 4) is 17.6 Å². The Morgan fingerprint density at radius 2 is 1.91 bits per heavy atom. The van der Waals surface area contributed by atoms with Gasteiger partial charge in [0.05, 0.1) is 32.0 Å². The standard InChI is InChI=1S/C27H34N2O5/c1-20(2)34-26(31)27(19-28,23-8-6-9-24(17-23)32-4)13-7-14-29(3)15-12-21-10-11-22(18-30)25(16-21)33-5/h6,8-11,16-18,20H,7,12-15H2,1-5H3. The van der Waals surface area contributed by atoms with Crippen LogP contribution in [0, 0.1) is 11.3 Å². The lowest BCUT2D eigenvalue weighted by Gasteiger charge is -2.27. The minimum Gasteiger partial charge on any atom is -0.497 e. The summed E-state index contributed by atoms with van der Waals surface area (Å²) in [7, 11) is 5.10. The molecule has 1 atom stereocenters. The number of esters is 1. The third-order valence-electron chi connectivity index (χ3n) is 5.74. The summed E-state index contributed by atoms with van der Waals surface area (Å²) in [4.78, 5) is 26.3. The van der Waals surface area contributed by atoms with Crippen LogP contribution in [-0.2, 0) is 21.4 Å². The molecule has 7 heteroatoms. The van der Waals surface area contributed by atoms with Crippen LogP contribution in [0.2, 0.25) is 0 Å². The summed E-state index contributed by atoms with van der Waals surface area (Å²) in [6.45, 7) is 5.02. The van der Waals surface area contributed by atoms with Gasteiger partial charge in [0.25, 0.3) is 0 Å². The highest BCUT2D eigenvalue weighted by Gasteiger charge is 2.42. The Morgan fingerprint density at radius 3 is 2.53 bits per heavy atom. The van der Waals surface area contributed by atoms with Crippen LogP contribution in [0.5, 0.6) is 11.5 Å². The van der Waals surface area contributed by atoms with Crippen LogP contribution in [0.1, 0.15) is 48.2 Å². The smallest absolute Gasteiger partial charge is 0.331 e. The van der Waals surface area contributed by atoms with Gasteiger partial charge in [0.1, 0.15) is 11.5 Å². The van der Waals surface area contributed by atoms with E-state index in [1.54, 1.807) is 58.4 Å². The molecule has 0 bridgehead atoms. The van der Waals surface area contributed by atoms with Gasteiger partial charge in [-0.25, -0.2) is 4.79 Å². The lowest BCUT2D eigenvalue weighted by Crippen LogP contribution is -2.38. The van der Waals surface area contributed by atoms with E-state index in [9.17, 15) is 14.9 Å². The molecule has 0 fully saturated rings. The Labute approximate surface area is 202 Å². The van der Waals surface area contributed by atoms with E-state index in [0.29, 0.717) is 42.0 Å². The zero-order valence-electron chi connectivity index (χ0n) is 20.7. The summed E-state index contributed by atoms with van der Waals surface area (Å²) in [6.07, 6.45) is 2.19. The Hall–Kier alpha value is -3.37. The van der Waals surface area contributed by atoms with Crippen LogP contribution in [0.15, 0.2) is 42.5 Å². The summed E-state index contributed by atoms with van der Waals surface area (Å²) >= 11 is 0. The lowest BCUT2D eigenvalue weighted by molar-refractivity contribution is -0.152. The molecule has 7 nitrogen and oxygen atoms in total. The molecule has 0 aliphatic carbocycles. The van der Waals surface area contributed by atoms with Crippen molar-refractivity contribution in [2.75, 3.05) is 34.4 Å². The van der Waals surface area contributed by atoms with Crippen LogP contribution in [0.4, 0.5) is 0 Å². The number of nitriles is 1. The Bertz CT molecular complexity index is 1010. The first-order valence-electron chi connectivity index (χ1n) is 11.4. The molecule has 34 heavy (non-hydrogen) atoms. The van der Waals surface area contributed by atoms with Crippen molar-refractivity contribution in [1.82, 2.24) is 4.90 Å². The van der Waals surface area contributed by atoms with E-state index in [2.05, 4.69) is 11.0 Å². The van der Waals surface area contributed by atoms with Crippen molar-refractivity contribution in [2.45, 2.75) is 44.6 Å². The summed E-state index contributed by atoms with van der Waals surface area (Å²) < 4.78 is 16.1. The maximum Gasteiger partial charge on any atom is 0.331 e. The molecule has 2 aromatic carbocycles. The van der Waals surface area contributed by atoms with Crippen molar-refractivity contribution in [3.05, 3.63) is 59.2 Å². The van der Waals surface area contributed by atoms with Gasteiger partial charge in [-0.15, -0.1) is 0 Å². The van der Waals surface area contributed by atoms with Gasteiger partial charge in [0, 0.05) is 6.54 Å². The van der Waals surface area contributed by atoms with E-state index in [4.69, 9.17) is 14.2 Å². The second-order valence-corrected chi connectivity index (χ2v) is 8.55. The third-order valence-corrected chi connectivity index (χ3v) is 5.74. The molecule has 0 amide bonds. The van der Waals surface area contributed by atoms with E-state index < -0.39 is 11.4 Å². The van der Waals surface area contributed by atoms with Crippen molar-refractivity contribution >= 4 is 12.3 Å². The first-order valence-corrected chi connectivity index (χ1v) is 11.4. The first-order chi connectivity index (χ1) is 16.3. The topological polar surface area (TPSA) is 88.9 Å². The minimum atomic E-state index is -1.41. The van der Waals surface area contributed by atoms with Gasteiger partial charge in [0.2, 0.25) is 0 Å². The van der Waals surface area contributed by atoms with Crippen molar-refractivity contribution in [1.29, 1.82) is 5.26 Å². The number of likely N-dealkylation sites (N-methyl/N-ethyl adjacent to an activating group) is 1. The number of carbonyl (C=O) groups is 2. The summed E-state index contributed by atoms with van der Waals surface area (Å²) in [5.41, 5.74) is 0.762. The van der Waals surface area contributed by atoms with Gasteiger partial charge >= 0.3 is 5.97 Å². The van der Waals surface area contributed by atoms with Crippen LogP contribution in [0.3, 0.4) is 0 Å². The summed E-state index contributed by atoms with van der Waals surface area (Å²) in [6, 6.07) is 14.9. The van der Waals surface area contributed by atoms with Crippen molar-refractivity contribution < 1.29 is 23.8 Å². The number of benzene rings is 2. The molecule has 2 aromatic rings. The molecule has 0 aliphatic rings. The van der Waals surface area contributed by atoms with E-state index in [-0.39, 0.29) is 6.10 Å². The Kier molecular flexibility index (Phi) is 10.1. The second-order valence-electron chi connectivity index (χ2n) is 8.55. The van der Waals surface area contributed by atoms with Gasteiger partial charge in [0.15, 0.2) is 11.7 Å². The van der Waals surface area contributed by atoms with Crippen molar-refractivity contribution in [3.63, 3.8) is 0 Å². The zero-order valence-corrected chi connectivity index (χ0v) is 20.7. The minimum absolute atomic E-state index is 0.323. The van der Waals surface area contributed by atoms with Gasteiger partial charge < -0.3 is 19.1 Å². The fourth-order valence-corrected chi connectivity index (χ4v) is 3.79. The molecule has 0 saturated carbocycles. The molecular formula is C27H34N2O5. The maximum absolute atomic E-state index is 13.1. The molecule has 2 rings (SSSR count). The van der Waals surface area contributed by atoms with E-state index in [1.807, 2.05) is 19.2 Å². The number of methoxy groups -OCH3 is 2. The number of nitrogens with zero attached hydrogens (tertiary/aromatic N) is 2. The predicted octanol–water partition coefficient (Wildman–Crippen LogP) is 4.18. The second kappa shape index (κ2) is 12.8. The number of rotatable bonds is 13. The molecule has 0 spiro atoms. The van der Waals surface area contributed by atoms with E-state index in [0.717, 1.165) is 24.8 Å². The van der Waals surface area contributed by atoms with Gasteiger partial charge in [-0.3, -0.25) is 4.79 Å². The third kappa shape index (κ3) is 6.82. The quantitative estimate of drug-likeness (QED) is 0.323. The normalized spacial score (nSPS) is 12.6. The number of carbonyl (C=O) groups excluding carboxylic acids is 2. The van der Waals surface area contributed by atoms with Crippen LogP contribution >= 0.6 is 0 Å². The molecule has 1 unspecified atom stereocenters. The van der Waals surface area contributed by atoms with Crippen molar-refractivity contribution in [2.24, 2.45) is 0 Å². The number of hydrogen-bond donors (Lipinski definition) is 0. The molecule has 0 aromatic heterocycles. The monoisotopic (exact) mass is 466 g/mol. The molecule has 182 valence electrons. The molecule has 0 N–H and O–H groups in total. The van der Waals surface area contributed by atoms with E-state index >= 15 is 0 Å². The molecule has 0 saturated heterocycles. The first kappa shape index (κ1) is 26.9. The molecular weight excluding hydrogens is 432 g/mol. The molecule has 0 aliphatic heterocycles. The van der Waals surface area contributed by atoms with Gasteiger partial charge in [-0.2, -0.15) is 5.26 Å².